The molecule has 1 heterocycles. The van der Waals surface area contributed by atoms with Gasteiger partial charge in [-0.25, -0.2) is 0 Å². The van der Waals surface area contributed by atoms with Gasteiger partial charge in [-0.05, 0) is 53.8 Å². The summed E-state index contributed by atoms with van der Waals surface area (Å²) in [5, 5.41) is 2.02. The average Bonchev–Trinajstić information content (AvgIpc) is 3.48. The first kappa shape index (κ1) is 25.1. The minimum atomic E-state index is -0.0999. The molecule has 6 nitrogen and oxygen atoms in total. The normalized spacial score (nSPS) is 13.5. The predicted octanol–water partition coefficient (Wildman–Crippen LogP) is 4.76. The van der Waals surface area contributed by atoms with Crippen LogP contribution in [0.4, 0.5) is 0 Å². The highest BCUT2D eigenvalue weighted by atomic mass is 32.1. The van der Waals surface area contributed by atoms with E-state index in [0.717, 1.165) is 23.3 Å². The second kappa shape index (κ2) is 11.1. The smallest absolute Gasteiger partial charge is 0.242 e. The topological polar surface area (TPSA) is 59.1 Å². The summed E-state index contributed by atoms with van der Waals surface area (Å²) in [6.45, 7) is 7.45. The van der Waals surface area contributed by atoms with Crippen molar-refractivity contribution in [1.29, 1.82) is 0 Å². The summed E-state index contributed by atoms with van der Waals surface area (Å²) in [6.07, 6.45) is 3.11. The molecule has 1 aromatic carbocycles. The first-order chi connectivity index (χ1) is 15.7. The van der Waals surface area contributed by atoms with Gasteiger partial charge in [0.15, 0.2) is 11.5 Å². The minimum absolute atomic E-state index is 0.00182. The summed E-state index contributed by atoms with van der Waals surface area (Å²) in [4.78, 5) is 31.2. The molecule has 0 saturated heterocycles. The molecule has 2 amide bonds. The molecule has 1 aromatic heterocycles. The Morgan fingerprint density at radius 1 is 1.06 bits per heavy atom. The molecule has 1 saturated carbocycles. The number of thiophene rings is 1. The van der Waals surface area contributed by atoms with Gasteiger partial charge in [0, 0.05) is 23.9 Å². The quantitative estimate of drug-likeness (QED) is 0.473. The van der Waals surface area contributed by atoms with Crippen molar-refractivity contribution in [3.05, 3.63) is 46.2 Å². The second-order valence-corrected chi connectivity index (χ2v) is 10.9. The number of amides is 2. The standard InChI is InChI=1S/C26H36N2O4S/c1-26(2,3)16-24(29)28(20-9-10-20)18-25(30)27(17-21-7-6-14-33-21)13-12-19-8-11-22(31-4)23(15-19)32-5/h6-8,11,14-15,20H,9-10,12-13,16-18H2,1-5H3. The molecule has 0 N–H and O–H groups in total. The van der Waals surface area contributed by atoms with Crippen LogP contribution in [-0.4, -0.2) is 55.0 Å². The molecule has 1 aliphatic rings. The molecule has 0 radical (unpaired) electrons. The number of nitrogens with zero attached hydrogens (tertiary/aromatic N) is 2. The fourth-order valence-corrected chi connectivity index (χ4v) is 4.51. The highest BCUT2D eigenvalue weighted by molar-refractivity contribution is 7.09. The van der Waals surface area contributed by atoms with Crippen LogP contribution in [0, 0.1) is 5.41 Å². The number of ether oxygens (including phenoxy) is 2. The summed E-state index contributed by atoms with van der Waals surface area (Å²) >= 11 is 1.64. The number of methoxy groups -OCH3 is 2. The Hall–Kier alpha value is -2.54. The van der Waals surface area contributed by atoms with Gasteiger partial charge in [-0.1, -0.05) is 32.9 Å². The van der Waals surface area contributed by atoms with Gasteiger partial charge in [0.2, 0.25) is 11.8 Å². The van der Waals surface area contributed by atoms with Crippen LogP contribution >= 0.6 is 11.3 Å². The van der Waals surface area contributed by atoms with Crippen LogP contribution in [0.3, 0.4) is 0 Å². The lowest BCUT2D eigenvalue weighted by Crippen LogP contribution is -2.45. The summed E-state index contributed by atoms with van der Waals surface area (Å²) in [6, 6.07) is 10.1. The number of hydrogen-bond acceptors (Lipinski definition) is 5. The molecular weight excluding hydrogens is 436 g/mol. The van der Waals surface area contributed by atoms with Gasteiger partial charge in [0.1, 0.15) is 6.54 Å². The van der Waals surface area contributed by atoms with Crippen LogP contribution in [0.5, 0.6) is 11.5 Å². The van der Waals surface area contributed by atoms with Gasteiger partial charge >= 0.3 is 0 Å². The molecule has 180 valence electrons. The van der Waals surface area contributed by atoms with Gasteiger partial charge in [0.25, 0.3) is 0 Å². The van der Waals surface area contributed by atoms with Crippen LogP contribution in [-0.2, 0) is 22.6 Å². The lowest BCUT2D eigenvalue weighted by atomic mass is 9.91. The summed E-state index contributed by atoms with van der Waals surface area (Å²) < 4.78 is 10.7. The van der Waals surface area contributed by atoms with E-state index in [1.165, 1.54) is 0 Å². The third-order valence-electron chi connectivity index (χ3n) is 5.69. The van der Waals surface area contributed by atoms with Crippen molar-refractivity contribution in [2.45, 2.75) is 59.0 Å². The van der Waals surface area contributed by atoms with E-state index in [1.807, 2.05) is 45.5 Å². The first-order valence-electron chi connectivity index (χ1n) is 11.5. The Balaban J connectivity index is 1.71. The molecule has 33 heavy (non-hydrogen) atoms. The van der Waals surface area contributed by atoms with E-state index in [-0.39, 0.29) is 29.8 Å². The van der Waals surface area contributed by atoms with Crippen molar-refractivity contribution in [2.75, 3.05) is 27.3 Å². The van der Waals surface area contributed by atoms with E-state index in [9.17, 15) is 9.59 Å². The number of rotatable bonds is 11. The maximum absolute atomic E-state index is 13.4. The van der Waals surface area contributed by atoms with Gasteiger partial charge in [0.05, 0.1) is 20.8 Å². The van der Waals surface area contributed by atoms with Crippen molar-refractivity contribution in [1.82, 2.24) is 9.80 Å². The van der Waals surface area contributed by atoms with E-state index >= 15 is 0 Å². The van der Waals surface area contributed by atoms with E-state index in [2.05, 4.69) is 20.8 Å². The molecule has 1 aliphatic carbocycles. The van der Waals surface area contributed by atoms with Crippen molar-refractivity contribution >= 4 is 23.2 Å². The molecule has 0 aliphatic heterocycles. The van der Waals surface area contributed by atoms with Crippen LogP contribution in [0.2, 0.25) is 0 Å². The van der Waals surface area contributed by atoms with E-state index in [0.29, 0.717) is 37.4 Å². The van der Waals surface area contributed by atoms with Crippen LogP contribution < -0.4 is 9.47 Å². The van der Waals surface area contributed by atoms with Crippen molar-refractivity contribution in [3.63, 3.8) is 0 Å². The Morgan fingerprint density at radius 2 is 1.79 bits per heavy atom. The number of carbonyl (C=O) groups excluding carboxylic acids is 2. The monoisotopic (exact) mass is 472 g/mol. The second-order valence-electron chi connectivity index (χ2n) is 9.82. The van der Waals surface area contributed by atoms with E-state index in [1.54, 1.807) is 25.6 Å². The van der Waals surface area contributed by atoms with Gasteiger partial charge in [-0.3, -0.25) is 9.59 Å². The van der Waals surface area contributed by atoms with Crippen molar-refractivity contribution in [3.8, 4) is 11.5 Å². The van der Waals surface area contributed by atoms with Crippen LogP contribution in [0.1, 0.15) is 50.5 Å². The fraction of sp³-hybridized carbons (Fsp3) is 0.538. The summed E-state index contributed by atoms with van der Waals surface area (Å²) in [7, 11) is 3.24. The third-order valence-corrected chi connectivity index (χ3v) is 6.55. The molecule has 0 atom stereocenters. The molecule has 7 heteroatoms. The molecule has 0 unspecified atom stereocenters. The minimum Gasteiger partial charge on any atom is -0.493 e. The zero-order valence-corrected chi connectivity index (χ0v) is 21.2. The first-order valence-corrected chi connectivity index (χ1v) is 12.4. The Morgan fingerprint density at radius 3 is 2.36 bits per heavy atom. The lowest BCUT2D eigenvalue weighted by Gasteiger charge is -2.29. The number of carbonyl (C=O) groups is 2. The maximum atomic E-state index is 13.4. The fourth-order valence-electron chi connectivity index (χ4n) is 3.79. The third kappa shape index (κ3) is 7.49. The van der Waals surface area contributed by atoms with Gasteiger partial charge in [-0.15, -0.1) is 11.3 Å². The number of benzene rings is 1. The molecule has 3 rings (SSSR count). The zero-order valence-electron chi connectivity index (χ0n) is 20.4. The van der Waals surface area contributed by atoms with Gasteiger partial charge in [-0.2, -0.15) is 0 Å². The van der Waals surface area contributed by atoms with E-state index < -0.39 is 0 Å². The SMILES string of the molecule is COc1ccc(CCN(Cc2cccs2)C(=O)CN(C(=O)CC(C)(C)C)C2CC2)cc1OC. The Bertz CT molecular complexity index is 932. The molecular formula is C26H36N2O4S. The number of hydrogen-bond donors (Lipinski definition) is 0. The molecule has 0 bridgehead atoms. The lowest BCUT2D eigenvalue weighted by molar-refractivity contribution is -0.142. The Kier molecular flexibility index (Phi) is 8.40. The van der Waals surface area contributed by atoms with Crippen LogP contribution in [0.15, 0.2) is 35.7 Å². The maximum Gasteiger partial charge on any atom is 0.242 e. The predicted molar refractivity (Wildman–Crippen MR) is 132 cm³/mol. The highest BCUT2D eigenvalue weighted by Crippen LogP contribution is 2.30. The zero-order chi connectivity index (χ0) is 24.0. The summed E-state index contributed by atoms with van der Waals surface area (Å²) in [5.41, 5.74) is 0.969. The Labute approximate surface area is 201 Å². The van der Waals surface area contributed by atoms with Crippen molar-refractivity contribution < 1.29 is 19.1 Å². The van der Waals surface area contributed by atoms with E-state index in [4.69, 9.17) is 9.47 Å². The molecule has 0 spiro atoms. The molecule has 1 fully saturated rings. The average molecular weight is 473 g/mol. The van der Waals surface area contributed by atoms with Gasteiger partial charge < -0.3 is 19.3 Å². The largest absolute Gasteiger partial charge is 0.493 e. The molecule has 2 aromatic rings. The highest BCUT2D eigenvalue weighted by Gasteiger charge is 2.36. The summed E-state index contributed by atoms with van der Waals surface area (Å²) in [5.74, 6) is 1.44. The van der Waals surface area contributed by atoms with Crippen LogP contribution in [0.25, 0.3) is 0 Å². The van der Waals surface area contributed by atoms with Crippen molar-refractivity contribution in [2.24, 2.45) is 5.41 Å².